The lowest BCUT2D eigenvalue weighted by molar-refractivity contribution is 0.613. The zero-order valence-corrected chi connectivity index (χ0v) is 9.93. The summed E-state index contributed by atoms with van der Waals surface area (Å²) in [5.74, 6) is 0. The zero-order chi connectivity index (χ0) is 9.47. The van der Waals surface area contributed by atoms with Crippen molar-refractivity contribution in [3.8, 4) is 0 Å². The fourth-order valence-corrected chi connectivity index (χ4v) is 3.27. The molecule has 0 radical (unpaired) electrons. The molecule has 0 N–H and O–H groups in total. The third-order valence-corrected chi connectivity index (χ3v) is 4.33. The first-order valence-corrected chi connectivity index (χ1v) is 8.00. The molecular weight excluding hydrogens is 323 g/mol. The maximum absolute atomic E-state index is 11.3. The summed E-state index contributed by atoms with van der Waals surface area (Å²) in [4.78, 5) is 0.236. The summed E-state index contributed by atoms with van der Waals surface area (Å²) in [6, 6.07) is 4.94. The predicted octanol–water partition coefficient (Wildman–Crippen LogP) is 1.82. The molecule has 0 spiro atoms. The van der Waals surface area contributed by atoms with Gasteiger partial charge in [0.15, 0.2) is 0 Å². The van der Waals surface area contributed by atoms with Crippen LogP contribution < -0.4 is 0 Å². The highest BCUT2D eigenvalue weighted by atomic mass is 127. The van der Waals surface area contributed by atoms with E-state index in [4.69, 9.17) is 0 Å². The van der Waals surface area contributed by atoms with Gasteiger partial charge >= 0.3 is 0 Å². The summed E-state index contributed by atoms with van der Waals surface area (Å²) in [7, 11) is -3.23. The highest BCUT2D eigenvalue weighted by Gasteiger charge is 2.15. The molecule has 4 nitrogen and oxygen atoms in total. The molecule has 0 aliphatic heterocycles. The molecule has 0 bridgehead atoms. The first-order valence-electron chi connectivity index (χ1n) is 3.25. The first-order chi connectivity index (χ1) is 6.09. The van der Waals surface area contributed by atoms with Gasteiger partial charge in [0.2, 0.25) is 7.01 Å². The Kier molecular flexibility index (Phi) is 2.24. The Morgan fingerprint density at radius 3 is 2.77 bits per heavy atom. The maximum atomic E-state index is 11.3. The third kappa shape index (κ3) is 1.67. The average Bonchev–Trinajstić information content (AvgIpc) is 2.48. The van der Waals surface area contributed by atoms with E-state index < -0.39 is 7.01 Å². The summed E-state index contributed by atoms with van der Waals surface area (Å²) >= 11 is 2.41. The molecule has 0 aliphatic rings. The second-order valence-electron chi connectivity index (χ2n) is 2.33. The van der Waals surface area contributed by atoms with Crippen LogP contribution in [0.4, 0.5) is 0 Å². The van der Waals surface area contributed by atoms with E-state index in [9.17, 15) is 8.42 Å². The molecule has 0 fully saturated rings. The lowest BCUT2D eigenvalue weighted by Crippen LogP contribution is -1.90. The fraction of sp³-hybridized carbons (Fsp3) is 0. The van der Waals surface area contributed by atoms with Crippen LogP contribution in [0.5, 0.6) is 0 Å². The molecule has 7 heteroatoms. The van der Waals surface area contributed by atoms with E-state index in [2.05, 4.69) is 8.75 Å². The first kappa shape index (κ1) is 9.28. The van der Waals surface area contributed by atoms with Gasteiger partial charge in [-0.05, 0) is 12.1 Å². The van der Waals surface area contributed by atoms with Gasteiger partial charge in [0.25, 0.3) is 0 Å². The van der Waals surface area contributed by atoms with Crippen LogP contribution in [0.25, 0.3) is 11.0 Å². The molecule has 13 heavy (non-hydrogen) atoms. The van der Waals surface area contributed by atoms with Crippen LogP contribution in [0.2, 0.25) is 0 Å². The van der Waals surface area contributed by atoms with Crippen LogP contribution in [-0.4, -0.2) is 17.2 Å². The minimum Gasteiger partial charge on any atom is -0.213 e. The van der Waals surface area contributed by atoms with Crippen LogP contribution in [-0.2, 0) is 7.01 Å². The average molecular weight is 326 g/mol. The highest BCUT2D eigenvalue weighted by molar-refractivity contribution is 14.2. The molecule has 1 heterocycles. The van der Waals surface area contributed by atoms with Gasteiger partial charge in [0, 0.05) is 0 Å². The molecule has 0 saturated heterocycles. The Morgan fingerprint density at radius 2 is 2.08 bits per heavy atom. The number of rotatable bonds is 1. The van der Waals surface area contributed by atoms with Crippen molar-refractivity contribution in [2.45, 2.75) is 4.90 Å². The van der Waals surface area contributed by atoms with E-state index in [1.807, 2.05) is 0 Å². The molecule has 2 aromatic rings. The van der Waals surface area contributed by atoms with Gasteiger partial charge in [-0.25, -0.2) is 8.42 Å². The minimum absolute atomic E-state index is 0.236. The zero-order valence-electron chi connectivity index (χ0n) is 6.14. The Labute approximate surface area is 90.8 Å². The smallest absolute Gasteiger partial charge is 0.213 e. The highest BCUT2D eigenvalue weighted by Crippen LogP contribution is 2.25. The number of hydrogen-bond acceptors (Lipinski definition) is 5. The van der Waals surface area contributed by atoms with Crippen LogP contribution >= 0.6 is 32.9 Å². The standard InChI is InChI=1S/C6H3IN2O2S2/c7-13(10,11)5-3-1-2-4-6(5)9-12-8-4/h1-3H. The molecule has 1 aromatic carbocycles. The largest absolute Gasteiger partial charge is 0.233 e. The third-order valence-electron chi connectivity index (χ3n) is 1.51. The van der Waals surface area contributed by atoms with Gasteiger partial charge in [0.1, 0.15) is 15.9 Å². The Hall–Kier alpha value is -0.280. The van der Waals surface area contributed by atoms with Crippen LogP contribution in [0.1, 0.15) is 0 Å². The predicted molar refractivity (Wildman–Crippen MR) is 58.6 cm³/mol. The van der Waals surface area contributed by atoms with E-state index in [1.165, 1.54) is 27.3 Å². The summed E-state index contributed by atoms with van der Waals surface area (Å²) in [6.45, 7) is 0. The monoisotopic (exact) mass is 326 g/mol. The van der Waals surface area contributed by atoms with Gasteiger partial charge in [-0.15, -0.1) is 0 Å². The van der Waals surface area contributed by atoms with Gasteiger partial charge in [0.05, 0.1) is 32.9 Å². The van der Waals surface area contributed by atoms with Gasteiger partial charge < -0.3 is 0 Å². The number of hydrogen-bond donors (Lipinski definition) is 0. The minimum atomic E-state index is -3.23. The van der Waals surface area contributed by atoms with Crippen molar-refractivity contribution in [2.75, 3.05) is 0 Å². The van der Waals surface area contributed by atoms with Gasteiger partial charge in [-0.1, -0.05) is 6.07 Å². The van der Waals surface area contributed by atoms with Crippen molar-refractivity contribution in [3.63, 3.8) is 0 Å². The van der Waals surface area contributed by atoms with Crippen molar-refractivity contribution in [1.82, 2.24) is 8.75 Å². The lowest BCUT2D eigenvalue weighted by Gasteiger charge is -1.94. The fourth-order valence-electron chi connectivity index (χ4n) is 0.978. The van der Waals surface area contributed by atoms with E-state index in [0.717, 1.165) is 11.7 Å². The number of aromatic nitrogens is 2. The molecule has 0 unspecified atom stereocenters. The van der Waals surface area contributed by atoms with Crippen molar-refractivity contribution in [1.29, 1.82) is 0 Å². The molecule has 2 rings (SSSR count). The molecule has 0 aliphatic carbocycles. The summed E-state index contributed by atoms with van der Waals surface area (Å²) in [5.41, 5.74) is 1.09. The van der Waals surface area contributed by atoms with Crippen LogP contribution in [0.3, 0.4) is 0 Å². The number of halogens is 1. The summed E-state index contributed by atoms with van der Waals surface area (Å²) in [5, 5.41) is 0. The molecular formula is C6H3IN2O2S2. The van der Waals surface area contributed by atoms with Crippen molar-refractivity contribution < 1.29 is 8.42 Å². The lowest BCUT2D eigenvalue weighted by atomic mass is 10.3. The number of benzene rings is 1. The Morgan fingerprint density at radius 1 is 1.31 bits per heavy atom. The van der Waals surface area contributed by atoms with Crippen molar-refractivity contribution in [2.24, 2.45) is 0 Å². The SMILES string of the molecule is O=S(=O)(I)c1cccc2nsnc12. The van der Waals surface area contributed by atoms with E-state index in [0.29, 0.717) is 11.0 Å². The molecule has 0 amide bonds. The molecule has 0 atom stereocenters. The van der Waals surface area contributed by atoms with Crippen LogP contribution in [0, 0.1) is 0 Å². The normalized spacial score (nSPS) is 12.1. The second-order valence-corrected chi connectivity index (χ2v) is 7.65. The van der Waals surface area contributed by atoms with Gasteiger partial charge in [-0.3, -0.25) is 0 Å². The van der Waals surface area contributed by atoms with Gasteiger partial charge in [-0.2, -0.15) is 8.75 Å². The molecule has 0 saturated carbocycles. The van der Waals surface area contributed by atoms with E-state index in [1.54, 1.807) is 12.1 Å². The molecule has 68 valence electrons. The summed E-state index contributed by atoms with van der Waals surface area (Å²) in [6.07, 6.45) is 0. The van der Waals surface area contributed by atoms with Crippen molar-refractivity contribution >= 4 is 51.0 Å². The maximum Gasteiger partial charge on any atom is 0.233 e. The van der Waals surface area contributed by atoms with E-state index in [-0.39, 0.29) is 4.90 Å². The Balaban J connectivity index is 2.91. The quantitative estimate of drug-likeness (QED) is 0.592. The Bertz CT molecular complexity index is 549. The van der Waals surface area contributed by atoms with Crippen molar-refractivity contribution in [3.05, 3.63) is 18.2 Å². The van der Waals surface area contributed by atoms with E-state index >= 15 is 0 Å². The molecule has 1 aromatic heterocycles. The van der Waals surface area contributed by atoms with Crippen LogP contribution in [0.15, 0.2) is 23.1 Å². The second kappa shape index (κ2) is 3.14. The number of nitrogens with zero attached hydrogens (tertiary/aromatic N) is 2. The summed E-state index contributed by atoms with van der Waals surface area (Å²) < 4.78 is 30.4. The topological polar surface area (TPSA) is 59.9 Å². The number of fused-ring (bicyclic) bond motifs is 1.